The Morgan fingerprint density at radius 3 is 3.22 bits per heavy atom. The quantitative estimate of drug-likeness (QED) is 0.912. The molecule has 1 aliphatic rings. The zero-order valence-electron chi connectivity index (χ0n) is 10.3. The number of anilines is 1. The zero-order chi connectivity index (χ0) is 12.5. The van der Waals surface area contributed by atoms with E-state index in [2.05, 4.69) is 20.3 Å². The van der Waals surface area contributed by atoms with Gasteiger partial charge in [-0.1, -0.05) is 11.6 Å². The van der Waals surface area contributed by atoms with Gasteiger partial charge in [0.2, 0.25) is 5.95 Å². The summed E-state index contributed by atoms with van der Waals surface area (Å²) >= 11 is 5.94. The fourth-order valence-electron chi connectivity index (χ4n) is 2.45. The van der Waals surface area contributed by atoms with Crippen molar-refractivity contribution in [2.24, 2.45) is 5.92 Å². The lowest BCUT2D eigenvalue weighted by molar-refractivity contribution is 0.548. The van der Waals surface area contributed by atoms with Crippen LogP contribution in [0.5, 0.6) is 0 Å². The smallest absolute Gasteiger partial charge is 0.245 e. The number of hydrogen-bond acceptors (Lipinski definition) is 4. The Hall–Kier alpha value is -1.33. The second-order valence-electron chi connectivity index (χ2n) is 4.72. The third-order valence-electron chi connectivity index (χ3n) is 3.35. The molecule has 0 radical (unpaired) electrons. The van der Waals surface area contributed by atoms with Crippen LogP contribution >= 0.6 is 11.6 Å². The molecule has 2 aromatic rings. The second-order valence-corrected chi connectivity index (χ2v) is 5.16. The van der Waals surface area contributed by atoms with Gasteiger partial charge in [-0.25, -0.2) is 4.52 Å². The van der Waals surface area contributed by atoms with Crippen LogP contribution < -0.4 is 10.2 Å². The van der Waals surface area contributed by atoms with Crippen LogP contribution in [-0.2, 0) is 0 Å². The lowest BCUT2D eigenvalue weighted by Gasteiger charge is -2.13. The second kappa shape index (κ2) is 4.74. The van der Waals surface area contributed by atoms with Gasteiger partial charge in [0.1, 0.15) is 0 Å². The van der Waals surface area contributed by atoms with E-state index in [0.717, 1.165) is 31.2 Å². The van der Waals surface area contributed by atoms with E-state index < -0.39 is 0 Å². The van der Waals surface area contributed by atoms with Crippen LogP contribution in [0.4, 0.5) is 5.95 Å². The molecule has 1 saturated heterocycles. The fraction of sp³-hybridized carbons (Fsp3) is 0.500. The van der Waals surface area contributed by atoms with Crippen molar-refractivity contribution in [2.45, 2.75) is 6.42 Å². The van der Waals surface area contributed by atoms with Crippen molar-refractivity contribution in [3.63, 3.8) is 0 Å². The maximum Gasteiger partial charge on any atom is 0.245 e. The monoisotopic (exact) mass is 265 g/mol. The van der Waals surface area contributed by atoms with E-state index in [1.165, 1.54) is 6.42 Å². The summed E-state index contributed by atoms with van der Waals surface area (Å²) in [7, 11) is 1.99. The maximum atomic E-state index is 5.94. The standard InChI is InChI=1S/C12H16ClN5/c1-14-6-9-4-5-17(7-9)12-15-11-3-2-10(13)8-18(11)16-12/h2-3,8-9,14H,4-7H2,1H3. The Morgan fingerprint density at radius 1 is 1.50 bits per heavy atom. The molecule has 2 aromatic heterocycles. The molecule has 1 aliphatic heterocycles. The summed E-state index contributed by atoms with van der Waals surface area (Å²) in [6.07, 6.45) is 2.98. The lowest BCUT2D eigenvalue weighted by Crippen LogP contribution is -2.25. The van der Waals surface area contributed by atoms with Crippen molar-refractivity contribution < 1.29 is 0 Å². The lowest BCUT2D eigenvalue weighted by atomic mass is 10.1. The Morgan fingerprint density at radius 2 is 2.39 bits per heavy atom. The first kappa shape index (κ1) is 11.7. The number of halogens is 1. The predicted octanol–water partition coefficient (Wildman–Crippen LogP) is 1.43. The summed E-state index contributed by atoms with van der Waals surface area (Å²) in [6, 6.07) is 3.73. The summed E-state index contributed by atoms with van der Waals surface area (Å²) in [5, 5.41) is 8.38. The fourth-order valence-corrected chi connectivity index (χ4v) is 2.61. The summed E-state index contributed by atoms with van der Waals surface area (Å²) in [5.41, 5.74) is 0.839. The average molecular weight is 266 g/mol. The first-order valence-corrected chi connectivity index (χ1v) is 6.55. The maximum absolute atomic E-state index is 5.94. The molecule has 0 saturated carbocycles. The van der Waals surface area contributed by atoms with Crippen LogP contribution in [-0.4, -0.2) is 41.3 Å². The molecule has 0 spiro atoms. The molecule has 0 aliphatic carbocycles. The molecular formula is C12H16ClN5. The van der Waals surface area contributed by atoms with Crippen molar-refractivity contribution in [3.8, 4) is 0 Å². The van der Waals surface area contributed by atoms with Gasteiger partial charge in [-0.05, 0) is 38.1 Å². The molecule has 0 bridgehead atoms. The van der Waals surface area contributed by atoms with Gasteiger partial charge in [0, 0.05) is 19.3 Å². The highest BCUT2D eigenvalue weighted by Crippen LogP contribution is 2.21. The number of fused-ring (bicyclic) bond motifs is 1. The molecule has 3 heterocycles. The molecule has 96 valence electrons. The molecule has 3 rings (SSSR count). The first-order chi connectivity index (χ1) is 8.76. The Bertz CT molecular complexity index is 552. The minimum atomic E-state index is 0.674. The van der Waals surface area contributed by atoms with E-state index >= 15 is 0 Å². The van der Waals surface area contributed by atoms with Crippen LogP contribution in [0.25, 0.3) is 5.65 Å². The van der Waals surface area contributed by atoms with E-state index in [0.29, 0.717) is 10.9 Å². The van der Waals surface area contributed by atoms with Gasteiger partial charge in [0.15, 0.2) is 5.65 Å². The first-order valence-electron chi connectivity index (χ1n) is 6.18. The molecule has 6 heteroatoms. The molecule has 5 nitrogen and oxygen atoms in total. The highest BCUT2D eigenvalue weighted by atomic mass is 35.5. The molecule has 0 amide bonds. The number of nitrogens with zero attached hydrogens (tertiary/aromatic N) is 4. The van der Waals surface area contributed by atoms with Crippen LogP contribution in [0.15, 0.2) is 18.3 Å². The van der Waals surface area contributed by atoms with Crippen molar-refractivity contribution in [2.75, 3.05) is 31.6 Å². The molecule has 0 aromatic carbocycles. The van der Waals surface area contributed by atoms with Crippen LogP contribution in [0.3, 0.4) is 0 Å². The number of pyridine rings is 1. The summed E-state index contributed by atoms with van der Waals surface area (Å²) in [4.78, 5) is 6.77. The normalized spacial score (nSPS) is 19.9. The highest BCUT2D eigenvalue weighted by Gasteiger charge is 2.24. The molecule has 1 atom stereocenters. The van der Waals surface area contributed by atoms with Gasteiger partial charge < -0.3 is 10.2 Å². The molecule has 1 N–H and O–H groups in total. The number of aromatic nitrogens is 3. The molecular weight excluding hydrogens is 250 g/mol. The summed E-state index contributed by atoms with van der Waals surface area (Å²) in [5.74, 6) is 1.49. The SMILES string of the molecule is CNCC1CCN(c2nc3ccc(Cl)cn3n2)C1. The molecule has 1 fully saturated rings. The average Bonchev–Trinajstić information content (AvgIpc) is 2.94. The van der Waals surface area contributed by atoms with Crippen LogP contribution in [0.2, 0.25) is 5.02 Å². The molecule has 1 unspecified atom stereocenters. The summed E-state index contributed by atoms with van der Waals surface area (Å²) < 4.78 is 1.74. The van der Waals surface area contributed by atoms with Crippen molar-refractivity contribution >= 4 is 23.2 Å². The van der Waals surface area contributed by atoms with Gasteiger partial charge in [-0.2, -0.15) is 4.98 Å². The van der Waals surface area contributed by atoms with Crippen molar-refractivity contribution in [1.82, 2.24) is 19.9 Å². The highest BCUT2D eigenvalue weighted by molar-refractivity contribution is 6.30. The number of rotatable bonds is 3. The van der Waals surface area contributed by atoms with Gasteiger partial charge in [-0.15, -0.1) is 5.10 Å². The van der Waals surface area contributed by atoms with Gasteiger partial charge >= 0.3 is 0 Å². The van der Waals surface area contributed by atoms with E-state index in [1.807, 2.05) is 19.2 Å². The van der Waals surface area contributed by atoms with Crippen LogP contribution in [0.1, 0.15) is 6.42 Å². The van der Waals surface area contributed by atoms with Crippen molar-refractivity contribution in [1.29, 1.82) is 0 Å². The zero-order valence-corrected chi connectivity index (χ0v) is 11.1. The van der Waals surface area contributed by atoms with E-state index in [1.54, 1.807) is 10.7 Å². The van der Waals surface area contributed by atoms with Crippen molar-refractivity contribution in [3.05, 3.63) is 23.4 Å². The van der Waals surface area contributed by atoms with Crippen LogP contribution in [0, 0.1) is 5.92 Å². The Labute approximate surface area is 111 Å². The Kier molecular flexibility index (Phi) is 3.09. The Balaban J connectivity index is 1.82. The predicted molar refractivity (Wildman–Crippen MR) is 72.2 cm³/mol. The van der Waals surface area contributed by atoms with Gasteiger partial charge in [-0.3, -0.25) is 0 Å². The number of hydrogen-bond donors (Lipinski definition) is 1. The van der Waals surface area contributed by atoms with Gasteiger partial charge in [0.25, 0.3) is 0 Å². The van der Waals surface area contributed by atoms with E-state index in [4.69, 9.17) is 11.6 Å². The van der Waals surface area contributed by atoms with E-state index in [9.17, 15) is 0 Å². The minimum absolute atomic E-state index is 0.674. The van der Waals surface area contributed by atoms with Gasteiger partial charge in [0.05, 0.1) is 5.02 Å². The summed E-state index contributed by atoms with van der Waals surface area (Å²) in [6.45, 7) is 3.10. The van der Waals surface area contributed by atoms with E-state index in [-0.39, 0.29) is 0 Å². The topological polar surface area (TPSA) is 45.5 Å². The minimum Gasteiger partial charge on any atom is -0.339 e. The number of nitrogens with one attached hydrogen (secondary N) is 1. The largest absolute Gasteiger partial charge is 0.339 e. The third-order valence-corrected chi connectivity index (χ3v) is 3.57. The molecule has 18 heavy (non-hydrogen) atoms. The third kappa shape index (κ3) is 2.15.